The van der Waals surface area contributed by atoms with Crippen LogP contribution in [0.4, 0.5) is 0 Å². The van der Waals surface area contributed by atoms with Gasteiger partial charge in [0.15, 0.2) is 0 Å². The van der Waals surface area contributed by atoms with Crippen LogP contribution >= 0.6 is 22.9 Å². The third-order valence-electron chi connectivity index (χ3n) is 4.63. The molecule has 1 N–H and O–H groups in total. The Hall–Kier alpha value is -0.840. The molecule has 0 bridgehead atoms. The van der Waals surface area contributed by atoms with E-state index in [1.54, 1.807) is 10.4 Å². The number of thiophene rings is 1. The lowest BCUT2D eigenvalue weighted by Gasteiger charge is -2.30. The largest absolute Gasteiger partial charge is 0.316 e. The van der Waals surface area contributed by atoms with Gasteiger partial charge in [-0.25, -0.2) is 0 Å². The monoisotopic (exact) mass is 323 g/mol. The molecule has 0 spiro atoms. The molecule has 2 heterocycles. The quantitative estimate of drug-likeness (QED) is 0.930. The van der Waals surface area contributed by atoms with Crippen molar-refractivity contribution >= 4 is 22.9 Å². The Bertz CT molecular complexity index is 632. The van der Waals surface area contributed by atoms with Crippen LogP contribution in [0, 0.1) is 6.92 Å². The molecule has 3 nitrogen and oxygen atoms in total. The van der Waals surface area contributed by atoms with Gasteiger partial charge in [0.1, 0.15) is 0 Å². The van der Waals surface area contributed by atoms with Crippen LogP contribution in [0.15, 0.2) is 11.4 Å². The van der Waals surface area contributed by atoms with Gasteiger partial charge < -0.3 is 5.32 Å². The molecule has 0 amide bonds. The Morgan fingerprint density at radius 1 is 1.57 bits per heavy atom. The summed E-state index contributed by atoms with van der Waals surface area (Å²) in [7, 11) is 4.04. The van der Waals surface area contributed by atoms with Gasteiger partial charge in [0.05, 0.1) is 16.4 Å². The van der Waals surface area contributed by atoms with Gasteiger partial charge in [-0.1, -0.05) is 11.6 Å². The average Bonchev–Trinajstić information content (AvgIpc) is 3.04. The molecule has 114 valence electrons. The Balaban J connectivity index is 1.87. The predicted molar refractivity (Wildman–Crippen MR) is 89.5 cm³/mol. The van der Waals surface area contributed by atoms with Gasteiger partial charge in [0.2, 0.25) is 0 Å². The van der Waals surface area contributed by atoms with Crippen molar-refractivity contribution in [3.63, 3.8) is 0 Å². The highest BCUT2D eigenvalue weighted by Gasteiger charge is 2.29. The summed E-state index contributed by atoms with van der Waals surface area (Å²) < 4.78 is 1.93. The van der Waals surface area contributed by atoms with Crippen molar-refractivity contribution in [2.24, 2.45) is 7.05 Å². The molecule has 2 unspecified atom stereocenters. The lowest BCUT2D eigenvalue weighted by molar-refractivity contribution is 0.407. The third kappa shape index (κ3) is 2.77. The molecule has 1 aliphatic carbocycles. The molecule has 0 aliphatic heterocycles. The van der Waals surface area contributed by atoms with Crippen LogP contribution < -0.4 is 5.32 Å². The lowest BCUT2D eigenvalue weighted by Crippen LogP contribution is -2.36. The summed E-state index contributed by atoms with van der Waals surface area (Å²) in [5.41, 5.74) is 3.60. The third-order valence-corrected chi connectivity index (χ3v) is 6.12. The summed E-state index contributed by atoms with van der Waals surface area (Å²) in [6.07, 6.45) is 4.70. The minimum Gasteiger partial charge on any atom is -0.316 e. The second-order valence-electron chi connectivity index (χ2n) is 5.87. The van der Waals surface area contributed by atoms with Crippen molar-refractivity contribution in [2.45, 2.75) is 44.6 Å². The second kappa shape index (κ2) is 6.11. The van der Waals surface area contributed by atoms with Crippen molar-refractivity contribution in [2.75, 3.05) is 7.05 Å². The van der Waals surface area contributed by atoms with Crippen molar-refractivity contribution in [3.05, 3.63) is 38.3 Å². The molecule has 0 saturated carbocycles. The van der Waals surface area contributed by atoms with Gasteiger partial charge in [0, 0.05) is 30.3 Å². The fourth-order valence-corrected chi connectivity index (χ4v) is 4.73. The number of fused-ring (bicyclic) bond motifs is 1. The smallest absolute Gasteiger partial charge is 0.0847 e. The van der Waals surface area contributed by atoms with E-state index in [0.29, 0.717) is 12.0 Å². The maximum Gasteiger partial charge on any atom is 0.0847 e. The number of hydrogen-bond acceptors (Lipinski definition) is 3. The Labute approximate surface area is 135 Å². The first-order valence-electron chi connectivity index (χ1n) is 7.53. The Morgan fingerprint density at radius 3 is 3.05 bits per heavy atom. The van der Waals surface area contributed by atoms with Crippen molar-refractivity contribution in [1.29, 1.82) is 0 Å². The van der Waals surface area contributed by atoms with Gasteiger partial charge in [-0.05, 0) is 50.2 Å². The number of rotatable bonds is 4. The SMILES string of the molecule is CNC(Cc1c(Cl)c(C)nn1C)C1CCCc2sccc21. The van der Waals surface area contributed by atoms with Crippen LogP contribution in [0.2, 0.25) is 5.02 Å². The van der Waals surface area contributed by atoms with E-state index >= 15 is 0 Å². The molecule has 2 aromatic heterocycles. The fraction of sp³-hybridized carbons (Fsp3) is 0.562. The van der Waals surface area contributed by atoms with Gasteiger partial charge in [-0.2, -0.15) is 5.10 Å². The molecule has 0 radical (unpaired) electrons. The van der Waals surface area contributed by atoms with Crippen LogP contribution in [0.1, 0.15) is 40.6 Å². The highest BCUT2D eigenvalue weighted by atomic mass is 35.5. The van der Waals surface area contributed by atoms with Crippen LogP contribution in [0.3, 0.4) is 0 Å². The highest BCUT2D eigenvalue weighted by molar-refractivity contribution is 7.10. The van der Waals surface area contributed by atoms with Gasteiger partial charge in [0.25, 0.3) is 0 Å². The fourth-order valence-electron chi connectivity index (χ4n) is 3.50. The molecule has 5 heteroatoms. The van der Waals surface area contributed by atoms with Crippen LogP contribution in [0.5, 0.6) is 0 Å². The van der Waals surface area contributed by atoms with E-state index in [2.05, 4.69) is 28.9 Å². The first-order valence-corrected chi connectivity index (χ1v) is 8.79. The molecule has 0 aromatic carbocycles. The van der Waals surface area contributed by atoms with Gasteiger partial charge in [-0.15, -0.1) is 11.3 Å². The molecule has 2 aromatic rings. The van der Waals surface area contributed by atoms with E-state index in [4.69, 9.17) is 11.6 Å². The molecule has 3 rings (SSSR count). The maximum atomic E-state index is 6.42. The van der Waals surface area contributed by atoms with Crippen molar-refractivity contribution in [3.8, 4) is 0 Å². The number of aromatic nitrogens is 2. The standard InChI is InChI=1S/C16H22ClN3S/c1-10-16(17)14(20(3)19-10)9-13(18-2)11-5-4-6-15-12(11)7-8-21-15/h7-8,11,13,18H,4-6,9H2,1-3H3. The minimum absolute atomic E-state index is 0.408. The summed E-state index contributed by atoms with van der Waals surface area (Å²) in [6, 6.07) is 2.72. The van der Waals surface area contributed by atoms with E-state index in [1.807, 2.05) is 30.0 Å². The summed E-state index contributed by atoms with van der Waals surface area (Å²) >= 11 is 8.33. The first-order chi connectivity index (χ1) is 10.1. The molecule has 2 atom stereocenters. The Morgan fingerprint density at radius 2 is 2.38 bits per heavy atom. The molecule has 1 aliphatic rings. The first kappa shape index (κ1) is 15.1. The molecular formula is C16H22ClN3S. The van der Waals surface area contributed by atoms with Crippen molar-refractivity contribution in [1.82, 2.24) is 15.1 Å². The average molecular weight is 324 g/mol. The van der Waals surface area contributed by atoms with E-state index in [9.17, 15) is 0 Å². The van der Waals surface area contributed by atoms with E-state index in [-0.39, 0.29) is 0 Å². The number of aryl methyl sites for hydroxylation is 3. The van der Waals surface area contributed by atoms with Gasteiger partial charge >= 0.3 is 0 Å². The Kier molecular flexibility index (Phi) is 4.38. The molecule has 0 fully saturated rings. The topological polar surface area (TPSA) is 29.9 Å². The molecular weight excluding hydrogens is 302 g/mol. The highest BCUT2D eigenvalue weighted by Crippen LogP contribution is 2.38. The predicted octanol–water partition coefficient (Wildman–Crippen LogP) is 3.69. The van der Waals surface area contributed by atoms with Gasteiger partial charge in [-0.3, -0.25) is 4.68 Å². The summed E-state index contributed by atoms with van der Waals surface area (Å²) in [4.78, 5) is 1.57. The number of likely N-dealkylation sites (N-methyl/N-ethyl adjacent to an activating group) is 1. The molecule has 0 saturated heterocycles. The zero-order valence-corrected chi connectivity index (χ0v) is 14.4. The number of nitrogens with one attached hydrogen (secondary N) is 1. The van der Waals surface area contributed by atoms with Crippen LogP contribution in [-0.4, -0.2) is 22.9 Å². The van der Waals surface area contributed by atoms with Crippen molar-refractivity contribution < 1.29 is 0 Å². The van der Waals surface area contributed by atoms with E-state index in [0.717, 1.165) is 22.8 Å². The summed E-state index contributed by atoms with van der Waals surface area (Å²) in [5.74, 6) is 0.580. The normalized spacial score (nSPS) is 19.5. The maximum absolute atomic E-state index is 6.42. The zero-order valence-electron chi connectivity index (χ0n) is 12.8. The van der Waals surface area contributed by atoms with Crippen LogP contribution in [-0.2, 0) is 19.9 Å². The second-order valence-corrected chi connectivity index (χ2v) is 7.25. The van der Waals surface area contributed by atoms with E-state index < -0.39 is 0 Å². The van der Waals surface area contributed by atoms with E-state index in [1.165, 1.54) is 19.3 Å². The number of halogens is 1. The summed E-state index contributed by atoms with van der Waals surface area (Å²) in [5, 5.41) is 11.0. The minimum atomic E-state index is 0.408. The molecule has 21 heavy (non-hydrogen) atoms. The zero-order chi connectivity index (χ0) is 15.0. The van der Waals surface area contributed by atoms with Crippen LogP contribution in [0.25, 0.3) is 0 Å². The number of nitrogens with zero attached hydrogens (tertiary/aromatic N) is 2. The summed E-state index contributed by atoms with van der Waals surface area (Å²) in [6.45, 7) is 1.97. The number of hydrogen-bond donors (Lipinski definition) is 1. The lowest BCUT2D eigenvalue weighted by atomic mass is 9.81.